The lowest BCUT2D eigenvalue weighted by Crippen LogP contribution is -2.53. The van der Waals surface area contributed by atoms with Gasteiger partial charge in [0.05, 0.1) is 17.7 Å². The number of aryl methyl sites for hydroxylation is 1. The van der Waals surface area contributed by atoms with E-state index in [-0.39, 0.29) is 54.3 Å². The molecule has 0 unspecified atom stereocenters. The average Bonchev–Trinajstić information content (AvgIpc) is 3.94. The van der Waals surface area contributed by atoms with Gasteiger partial charge in [-0.05, 0) is 86.8 Å². The standard InChI is InChI=1S/C36H52N12O6.C15H24N4O3/c37-31(38)43-27-11-7-25(8-12-27)23-41-33(49)45-15-19-47(20-16-45)35(51)53-29-3-1-4-30(6-2-5-29)54-36(52)48-21-17-46(18-22-48)34(50)42-24-26-9-13-28(14-10-26)44-32(39)40;20-14(18-9-11-19(12-10-18)15(21)22)5-3-1-2-4-7-17-8-6-16-13-17/h7-14,29-30H,1-6,15-24H2,(H,41,49)(H,42,50)(H4,37,38,43)(H4,39,40,44);6,8,13H,1-5,7,9-12H2,(H,21,22). The zero-order chi connectivity index (χ0) is 54.2. The molecule has 0 spiro atoms. The third kappa shape index (κ3) is 19.4. The lowest BCUT2D eigenvalue weighted by atomic mass is 9.96. The molecule has 4 heterocycles. The number of piperazine rings is 3. The van der Waals surface area contributed by atoms with Gasteiger partial charge in [0, 0.05) is 117 Å². The molecular weight excluding hydrogens is 981 g/mol. The van der Waals surface area contributed by atoms with Gasteiger partial charge < -0.3 is 82.1 Å². The smallest absolute Gasteiger partial charge is 0.410 e. The number of carbonyl (C=O) groups is 6. The number of nitrogens with two attached hydrogens (primary N) is 4. The van der Waals surface area contributed by atoms with E-state index in [9.17, 15) is 28.8 Å². The molecule has 4 fully saturated rings. The fourth-order valence-electron chi connectivity index (χ4n) is 9.19. The van der Waals surface area contributed by atoms with E-state index in [0.717, 1.165) is 56.2 Å². The third-order valence-corrected chi connectivity index (χ3v) is 13.6. The maximum absolute atomic E-state index is 13.0. The summed E-state index contributed by atoms with van der Waals surface area (Å²) in [4.78, 5) is 96.1. The van der Waals surface area contributed by atoms with Crippen LogP contribution in [0.3, 0.4) is 0 Å². The summed E-state index contributed by atoms with van der Waals surface area (Å²) in [5.74, 6) is 0.113. The van der Waals surface area contributed by atoms with E-state index >= 15 is 0 Å². The highest BCUT2D eigenvalue weighted by molar-refractivity contribution is 5.80. The fraction of sp³-hybridized carbons (Fsp3) is 0.549. The highest BCUT2D eigenvalue weighted by Crippen LogP contribution is 2.24. The molecule has 7 rings (SSSR count). The number of carboxylic acid groups (broad SMARTS) is 1. The highest BCUT2D eigenvalue weighted by Gasteiger charge is 2.30. The van der Waals surface area contributed by atoms with Gasteiger partial charge in [-0.3, -0.25) is 4.79 Å². The maximum atomic E-state index is 13.0. The number of aromatic nitrogens is 2. The van der Waals surface area contributed by atoms with E-state index in [1.165, 1.54) is 4.90 Å². The van der Waals surface area contributed by atoms with Crippen molar-refractivity contribution >= 4 is 59.5 Å². The second-order valence-electron chi connectivity index (χ2n) is 19.2. The van der Waals surface area contributed by atoms with Gasteiger partial charge in [-0.15, -0.1) is 0 Å². The van der Waals surface area contributed by atoms with Gasteiger partial charge in [0.1, 0.15) is 12.2 Å². The van der Waals surface area contributed by atoms with Crippen molar-refractivity contribution in [2.45, 2.75) is 102 Å². The van der Waals surface area contributed by atoms with Crippen LogP contribution in [-0.2, 0) is 33.9 Å². The summed E-state index contributed by atoms with van der Waals surface area (Å²) in [5, 5.41) is 14.7. The van der Waals surface area contributed by atoms with Gasteiger partial charge in [-0.1, -0.05) is 37.1 Å². The Balaban J connectivity index is 0.000000354. The molecule has 414 valence electrons. The second-order valence-corrected chi connectivity index (χ2v) is 19.2. The first-order chi connectivity index (χ1) is 36.7. The van der Waals surface area contributed by atoms with Gasteiger partial charge in [0.2, 0.25) is 5.91 Å². The van der Waals surface area contributed by atoms with Crippen LogP contribution in [0.25, 0.3) is 0 Å². The van der Waals surface area contributed by atoms with Gasteiger partial charge in [0.25, 0.3) is 0 Å². The molecule has 3 aromatic rings. The molecule has 8 amide bonds. The Hall–Kier alpha value is -7.99. The number of rotatable bonds is 15. The molecule has 0 bridgehead atoms. The summed E-state index contributed by atoms with van der Waals surface area (Å²) < 4.78 is 13.8. The van der Waals surface area contributed by atoms with Crippen molar-refractivity contribution in [1.29, 1.82) is 0 Å². The number of nitrogens with zero attached hydrogens (tertiary/aromatic N) is 10. The zero-order valence-corrected chi connectivity index (χ0v) is 43.4. The van der Waals surface area contributed by atoms with Crippen molar-refractivity contribution in [2.24, 2.45) is 32.9 Å². The van der Waals surface area contributed by atoms with Gasteiger partial charge in [-0.2, -0.15) is 0 Å². The molecule has 1 saturated carbocycles. The summed E-state index contributed by atoms with van der Waals surface area (Å²) in [6.07, 6.45) is 12.5. The minimum absolute atomic E-state index is 0.0195. The summed E-state index contributed by atoms with van der Waals surface area (Å²) in [7, 11) is 0. The maximum Gasteiger partial charge on any atom is 0.410 e. The van der Waals surface area contributed by atoms with Crippen LogP contribution in [0.15, 0.2) is 77.2 Å². The van der Waals surface area contributed by atoms with Crippen LogP contribution < -0.4 is 33.6 Å². The Morgan fingerprint density at radius 2 is 0.961 bits per heavy atom. The topological polar surface area (TPSA) is 331 Å². The lowest BCUT2D eigenvalue weighted by Gasteiger charge is -2.36. The number of imidazole rings is 1. The number of aliphatic imine (C=N–C) groups is 2. The first-order valence-electron chi connectivity index (χ1n) is 26.2. The first kappa shape index (κ1) is 57.3. The Bertz CT molecular complexity index is 2240. The number of amides is 8. The molecule has 0 radical (unpaired) electrons. The molecule has 25 heteroatoms. The van der Waals surface area contributed by atoms with Gasteiger partial charge in [-0.25, -0.2) is 38.9 Å². The molecule has 0 atom stereocenters. The first-order valence-corrected chi connectivity index (χ1v) is 26.2. The number of hydrogen-bond acceptors (Lipinski definition) is 11. The molecule has 2 aromatic carbocycles. The van der Waals surface area contributed by atoms with Crippen molar-refractivity contribution in [1.82, 2.24) is 49.6 Å². The third-order valence-electron chi connectivity index (χ3n) is 13.6. The predicted molar refractivity (Wildman–Crippen MR) is 284 cm³/mol. The fourth-order valence-corrected chi connectivity index (χ4v) is 9.19. The predicted octanol–water partition coefficient (Wildman–Crippen LogP) is 3.87. The highest BCUT2D eigenvalue weighted by atomic mass is 16.6. The normalized spacial score (nSPS) is 17.9. The van der Waals surface area contributed by atoms with Crippen LogP contribution in [0.1, 0.15) is 81.8 Å². The SMILES string of the molecule is NC(N)=Nc1ccc(CNC(=O)N2CCN(C(=O)OC3CCCC(OC(=O)N4CCN(C(=O)NCc5ccc(N=C(N)N)cc5)CC4)CCC3)CC2)cc1.O=C(O)N1CCN(C(=O)CCCCCCn2ccnc2)CC1. The van der Waals surface area contributed by atoms with Crippen LogP contribution in [-0.4, -0.2) is 183 Å². The van der Waals surface area contributed by atoms with Crippen LogP contribution in [0.2, 0.25) is 0 Å². The van der Waals surface area contributed by atoms with Crippen molar-refractivity contribution < 1.29 is 43.3 Å². The number of guanidine groups is 2. The van der Waals surface area contributed by atoms with Crippen LogP contribution >= 0.6 is 0 Å². The van der Waals surface area contributed by atoms with E-state index in [2.05, 4.69) is 30.2 Å². The van der Waals surface area contributed by atoms with E-state index in [1.807, 2.05) is 36.8 Å². The Kier molecular flexibility index (Phi) is 22.5. The van der Waals surface area contributed by atoms with E-state index in [1.54, 1.807) is 55.0 Å². The number of ether oxygens (including phenoxy) is 2. The van der Waals surface area contributed by atoms with Crippen LogP contribution in [0.4, 0.5) is 35.3 Å². The van der Waals surface area contributed by atoms with E-state index in [4.69, 9.17) is 37.5 Å². The van der Waals surface area contributed by atoms with Crippen molar-refractivity contribution in [3.63, 3.8) is 0 Å². The largest absolute Gasteiger partial charge is 0.465 e. The van der Waals surface area contributed by atoms with Crippen LogP contribution in [0.5, 0.6) is 0 Å². The Morgan fingerprint density at radius 1 is 0.553 bits per heavy atom. The molecule has 1 aromatic heterocycles. The summed E-state index contributed by atoms with van der Waals surface area (Å²) in [5.41, 5.74) is 24.7. The van der Waals surface area contributed by atoms with Crippen molar-refractivity contribution in [2.75, 3.05) is 78.5 Å². The minimum atomic E-state index is -0.898. The summed E-state index contributed by atoms with van der Waals surface area (Å²) in [6.45, 7) is 6.74. The summed E-state index contributed by atoms with van der Waals surface area (Å²) in [6, 6.07) is 14.1. The number of hydrogen-bond donors (Lipinski definition) is 7. The molecule has 4 aliphatic rings. The number of carbonyl (C=O) groups excluding carboxylic acids is 5. The molecule has 76 heavy (non-hydrogen) atoms. The lowest BCUT2D eigenvalue weighted by molar-refractivity contribution is -0.132. The van der Waals surface area contributed by atoms with Gasteiger partial charge >= 0.3 is 30.3 Å². The summed E-state index contributed by atoms with van der Waals surface area (Å²) >= 11 is 0. The molecule has 25 nitrogen and oxygen atoms in total. The minimum Gasteiger partial charge on any atom is -0.465 e. The van der Waals surface area contributed by atoms with Crippen molar-refractivity contribution in [3.8, 4) is 0 Å². The van der Waals surface area contributed by atoms with Gasteiger partial charge in [0.15, 0.2) is 11.9 Å². The number of urea groups is 2. The number of benzene rings is 2. The van der Waals surface area contributed by atoms with Crippen molar-refractivity contribution in [3.05, 3.63) is 78.4 Å². The molecule has 3 aliphatic heterocycles. The molecular formula is C51H76N16O9. The second kappa shape index (κ2) is 29.8. The Morgan fingerprint density at radius 3 is 1.37 bits per heavy atom. The molecule has 1 aliphatic carbocycles. The quantitative estimate of drug-likeness (QED) is 0.0646. The zero-order valence-electron chi connectivity index (χ0n) is 43.4. The van der Waals surface area contributed by atoms with E-state index in [0.29, 0.717) is 135 Å². The number of nitrogens with one attached hydrogen (secondary N) is 2. The number of unbranched alkanes of at least 4 members (excludes halogenated alkanes) is 3. The average molecular weight is 1060 g/mol. The Labute approximate surface area is 443 Å². The van der Waals surface area contributed by atoms with Crippen LogP contribution in [0, 0.1) is 0 Å². The monoisotopic (exact) mass is 1060 g/mol. The van der Waals surface area contributed by atoms with E-state index < -0.39 is 6.09 Å². The molecule has 11 N–H and O–H groups in total. The molecule has 3 saturated heterocycles.